The first-order chi connectivity index (χ1) is 12.7. The van der Waals surface area contributed by atoms with Crippen LogP contribution in [-0.2, 0) is 21.2 Å². The third kappa shape index (κ3) is 4.42. The van der Waals surface area contributed by atoms with Gasteiger partial charge in [0.05, 0.1) is 10.6 Å². The Bertz CT molecular complexity index is 931. The number of ether oxygens (including phenoxy) is 1. The number of hydrogen-bond donors (Lipinski definition) is 1. The Morgan fingerprint density at radius 1 is 1.11 bits per heavy atom. The van der Waals surface area contributed by atoms with Crippen LogP contribution in [0.15, 0.2) is 53.4 Å². The van der Waals surface area contributed by atoms with Gasteiger partial charge in [0.1, 0.15) is 5.75 Å². The molecule has 0 spiro atoms. The molecular weight excluding hydrogens is 364 g/mol. The second-order valence-corrected chi connectivity index (χ2v) is 9.38. The monoisotopic (exact) mass is 388 g/mol. The third-order valence-electron chi connectivity index (χ3n) is 4.14. The summed E-state index contributed by atoms with van der Waals surface area (Å²) in [5.74, 6) is 0.215. The molecule has 1 N–H and O–H groups in total. The summed E-state index contributed by atoms with van der Waals surface area (Å²) >= 11 is 0. The summed E-state index contributed by atoms with van der Waals surface area (Å²) < 4.78 is 32.8. The minimum Gasteiger partial charge on any atom is -0.484 e. The van der Waals surface area contributed by atoms with Gasteiger partial charge in [-0.15, -0.1) is 0 Å². The molecule has 0 unspecified atom stereocenters. The molecule has 0 radical (unpaired) electrons. The van der Waals surface area contributed by atoms with Gasteiger partial charge in [0, 0.05) is 12.1 Å². The van der Waals surface area contributed by atoms with E-state index >= 15 is 0 Å². The fourth-order valence-corrected chi connectivity index (χ4v) is 4.50. The van der Waals surface area contributed by atoms with Gasteiger partial charge in [-0.25, -0.2) is 8.42 Å². The van der Waals surface area contributed by atoms with Crippen molar-refractivity contribution in [3.05, 3.63) is 54.1 Å². The van der Waals surface area contributed by atoms with Crippen molar-refractivity contribution < 1.29 is 17.9 Å². The van der Waals surface area contributed by atoms with E-state index < -0.39 is 10.0 Å². The van der Waals surface area contributed by atoms with Crippen LogP contribution in [0.4, 0.5) is 5.69 Å². The largest absolute Gasteiger partial charge is 0.484 e. The minimum absolute atomic E-state index is 0.122. The number of fused-ring (bicyclic) bond motifs is 1. The Kier molecular flexibility index (Phi) is 5.15. The van der Waals surface area contributed by atoms with Crippen LogP contribution in [0.5, 0.6) is 5.75 Å². The zero-order valence-electron chi connectivity index (χ0n) is 15.7. The summed E-state index contributed by atoms with van der Waals surface area (Å²) in [5, 5.41) is 2.81. The Morgan fingerprint density at radius 3 is 2.44 bits per heavy atom. The van der Waals surface area contributed by atoms with Crippen LogP contribution in [0.1, 0.15) is 26.3 Å². The van der Waals surface area contributed by atoms with Crippen molar-refractivity contribution in [1.29, 1.82) is 0 Å². The van der Waals surface area contributed by atoms with Gasteiger partial charge >= 0.3 is 0 Å². The van der Waals surface area contributed by atoms with Crippen LogP contribution in [0.2, 0.25) is 0 Å². The number of anilines is 1. The average molecular weight is 388 g/mol. The van der Waals surface area contributed by atoms with Gasteiger partial charge in [-0.3, -0.25) is 9.10 Å². The second kappa shape index (κ2) is 7.23. The van der Waals surface area contributed by atoms with Crippen molar-refractivity contribution in [2.24, 2.45) is 0 Å². The number of nitrogens with zero attached hydrogens (tertiary/aromatic N) is 1. The van der Waals surface area contributed by atoms with Crippen LogP contribution in [0.3, 0.4) is 0 Å². The number of carbonyl (C=O) groups is 1. The Hall–Kier alpha value is -2.54. The molecule has 1 amide bonds. The lowest BCUT2D eigenvalue weighted by molar-refractivity contribution is -0.124. The van der Waals surface area contributed by atoms with Crippen LogP contribution in [0.25, 0.3) is 0 Å². The molecule has 0 saturated heterocycles. The zero-order chi connectivity index (χ0) is 19.7. The third-order valence-corrected chi connectivity index (χ3v) is 5.97. The molecule has 0 fully saturated rings. The summed E-state index contributed by atoms with van der Waals surface area (Å²) in [6.07, 6.45) is 0.708. The van der Waals surface area contributed by atoms with E-state index in [1.165, 1.54) is 16.4 Å². The fraction of sp³-hybridized carbons (Fsp3) is 0.350. The van der Waals surface area contributed by atoms with Gasteiger partial charge in [-0.1, -0.05) is 18.2 Å². The van der Waals surface area contributed by atoms with Crippen molar-refractivity contribution in [3.8, 4) is 5.75 Å². The summed E-state index contributed by atoms with van der Waals surface area (Å²) in [5.41, 5.74) is 1.44. The van der Waals surface area contributed by atoms with Crippen LogP contribution < -0.4 is 14.4 Å². The number of para-hydroxylation sites is 1. The van der Waals surface area contributed by atoms with Gasteiger partial charge < -0.3 is 10.1 Å². The Balaban J connectivity index is 1.69. The van der Waals surface area contributed by atoms with Crippen molar-refractivity contribution >= 4 is 21.6 Å². The molecule has 1 aliphatic rings. The van der Waals surface area contributed by atoms with E-state index in [0.717, 1.165) is 11.3 Å². The lowest BCUT2D eigenvalue weighted by atomic mass is 10.1. The van der Waals surface area contributed by atoms with Crippen molar-refractivity contribution in [1.82, 2.24) is 5.32 Å². The number of nitrogens with one attached hydrogen (secondary N) is 1. The standard InChI is InChI=1S/C20H24N2O4S/c1-20(2,3)21-19(23)14-26-16-8-10-17(11-9-16)27(24,25)22-13-12-15-6-4-5-7-18(15)22/h4-11H,12-14H2,1-3H3,(H,21,23). The highest BCUT2D eigenvalue weighted by atomic mass is 32.2. The molecule has 0 bridgehead atoms. The highest BCUT2D eigenvalue weighted by molar-refractivity contribution is 7.92. The molecule has 2 aromatic rings. The predicted octanol–water partition coefficient (Wildman–Crippen LogP) is 2.73. The van der Waals surface area contributed by atoms with E-state index in [4.69, 9.17) is 4.74 Å². The summed E-state index contributed by atoms with van der Waals surface area (Å²) in [6, 6.07) is 13.7. The molecule has 0 aromatic heterocycles. The van der Waals surface area contributed by atoms with Gasteiger partial charge in [0.15, 0.2) is 6.61 Å². The van der Waals surface area contributed by atoms with Gasteiger partial charge in [0.2, 0.25) is 0 Å². The molecule has 0 aliphatic carbocycles. The van der Waals surface area contributed by atoms with E-state index in [0.29, 0.717) is 18.7 Å². The quantitative estimate of drug-likeness (QED) is 0.855. The molecular formula is C20H24N2O4S. The molecule has 1 aliphatic heterocycles. The molecule has 7 heteroatoms. The smallest absolute Gasteiger partial charge is 0.264 e. The van der Waals surface area contributed by atoms with Crippen molar-refractivity contribution in [2.75, 3.05) is 17.5 Å². The number of sulfonamides is 1. The van der Waals surface area contributed by atoms with Gasteiger partial charge in [0.25, 0.3) is 15.9 Å². The lowest BCUT2D eigenvalue weighted by Crippen LogP contribution is -2.43. The number of carbonyl (C=O) groups excluding carboxylic acids is 1. The SMILES string of the molecule is CC(C)(C)NC(=O)COc1ccc(S(=O)(=O)N2CCc3ccccc32)cc1. The maximum atomic E-state index is 13.0. The Morgan fingerprint density at radius 2 is 1.78 bits per heavy atom. The summed E-state index contributed by atoms with van der Waals surface area (Å²) in [7, 11) is -3.63. The maximum absolute atomic E-state index is 13.0. The van der Waals surface area contributed by atoms with Crippen LogP contribution in [0, 0.1) is 0 Å². The second-order valence-electron chi connectivity index (χ2n) is 7.51. The highest BCUT2D eigenvalue weighted by Gasteiger charge is 2.30. The first-order valence-corrected chi connectivity index (χ1v) is 10.3. The van der Waals surface area contributed by atoms with E-state index in [1.54, 1.807) is 12.1 Å². The molecule has 6 nitrogen and oxygen atoms in total. The average Bonchev–Trinajstić information content (AvgIpc) is 3.04. The molecule has 3 rings (SSSR count). The normalized spacial score (nSPS) is 14.0. The van der Waals surface area contributed by atoms with Crippen molar-refractivity contribution in [2.45, 2.75) is 37.6 Å². The van der Waals surface area contributed by atoms with Gasteiger partial charge in [-0.05, 0) is 63.1 Å². The highest BCUT2D eigenvalue weighted by Crippen LogP contribution is 2.32. The molecule has 0 atom stereocenters. The number of hydrogen-bond acceptors (Lipinski definition) is 4. The maximum Gasteiger partial charge on any atom is 0.264 e. The minimum atomic E-state index is -3.63. The molecule has 2 aromatic carbocycles. The van der Waals surface area contributed by atoms with Gasteiger partial charge in [-0.2, -0.15) is 0 Å². The summed E-state index contributed by atoms with van der Waals surface area (Å²) in [4.78, 5) is 12.0. The summed E-state index contributed by atoms with van der Waals surface area (Å²) in [6.45, 7) is 5.99. The van der Waals surface area contributed by atoms with Crippen LogP contribution >= 0.6 is 0 Å². The lowest BCUT2D eigenvalue weighted by Gasteiger charge is -2.21. The first-order valence-electron chi connectivity index (χ1n) is 8.81. The predicted molar refractivity (Wildman–Crippen MR) is 105 cm³/mol. The molecule has 1 heterocycles. The first kappa shape index (κ1) is 19.2. The molecule has 27 heavy (non-hydrogen) atoms. The van der Waals surface area contributed by atoms with E-state index in [2.05, 4.69) is 5.32 Å². The molecule has 144 valence electrons. The number of rotatable bonds is 5. The van der Waals surface area contributed by atoms with E-state index in [-0.39, 0.29) is 22.9 Å². The zero-order valence-corrected chi connectivity index (χ0v) is 16.5. The number of benzene rings is 2. The van der Waals surface area contributed by atoms with Crippen LogP contribution in [-0.4, -0.2) is 33.0 Å². The number of amides is 1. The fourth-order valence-electron chi connectivity index (χ4n) is 3.00. The van der Waals surface area contributed by atoms with Crippen molar-refractivity contribution in [3.63, 3.8) is 0 Å². The topological polar surface area (TPSA) is 75.7 Å². The van der Waals surface area contributed by atoms with E-state index in [9.17, 15) is 13.2 Å². The molecule has 0 saturated carbocycles. The van der Waals surface area contributed by atoms with E-state index in [1.807, 2.05) is 45.0 Å². The Labute approximate surface area is 160 Å².